The summed E-state index contributed by atoms with van der Waals surface area (Å²) >= 11 is 0. The van der Waals surface area contributed by atoms with E-state index in [9.17, 15) is 0 Å². The minimum atomic E-state index is -1.14. The van der Waals surface area contributed by atoms with E-state index in [1.165, 1.54) is 47.7 Å². The number of benzene rings is 2. The molecule has 1 heterocycles. The fourth-order valence-corrected chi connectivity index (χ4v) is 10.2. The fourth-order valence-electron chi connectivity index (χ4n) is 4.86. The molecule has 2 aromatic rings. The van der Waals surface area contributed by atoms with Crippen LogP contribution in [-0.4, -0.2) is 8.07 Å². The first kappa shape index (κ1) is 25.6. The molecule has 4 heteroatoms. The molecule has 1 saturated heterocycles. The van der Waals surface area contributed by atoms with Gasteiger partial charge in [-0.1, -0.05) is 67.7 Å². The second kappa shape index (κ2) is 11.7. The topological polar surface area (TPSA) is 0 Å². The molecule has 0 bridgehead atoms. The van der Waals surface area contributed by atoms with Crippen LogP contribution in [0.15, 0.2) is 60.7 Å². The summed E-state index contributed by atoms with van der Waals surface area (Å²) in [6.07, 6.45) is 12.8. The van der Waals surface area contributed by atoms with E-state index in [-0.39, 0.29) is 50.7 Å². The van der Waals surface area contributed by atoms with E-state index < -0.39 is 8.07 Å². The molecule has 3 aliphatic rings. The minimum Gasteiger partial charge on any atom is -1.00 e. The summed E-state index contributed by atoms with van der Waals surface area (Å²) in [4.78, 5) is 0. The van der Waals surface area contributed by atoms with Crippen molar-refractivity contribution in [2.75, 3.05) is 0 Å². The van der Waals surface area contributed by atoms with Crippen LogP contribution < -0.4 is 24.8 Å². The summed E-state index contributed by atoms with van der Waals surface area (Å²) in [5, 5.41) is 0. The van der Waals surface area contributed by atoms with E-state index in [0.29, 0.717) is 0 Å². The molecule has 0 spiro atoms. The maximum atomic E-state index is 3.61. The van der Waals surface area contributed by atoms with Crippen molar-refractivity contribution in [3.05, 3.63) is 84.0 Å². The van der Waals surface area contributed by atoms with Crippen molar-refractivity contribution >= 4 is 8.07 Å². The molecule has 0 nitrogen and oxygen atoms in total. The second-order valence-electron chi connectivity index (χ2n) is 7.49. The van der Waals surface area contributed by atoms with Crippen LogP contribution >= 0.6 is 0 Å². The molecule has 1 unspecified atom stereocenters. The first-order valence-electron chi connectivity index (χ1n) is 9.67. The molecule has 1 fully saturated rings. The maximum Gasteiger partial charge on any atom is 4.00 e. The van der Waals surface area contributed by atoms with Crippen LogP contribution in [0.25, 0.3) is 11.1 Å². The van der Waals surface area contributed by atoms with Gasteiger partial charge in [-0.25, -0.2) is 12.2 Å². The normalized spacial score (nSPS) is 18.8. The summed E-state index contributed by atoms with van der Waals surface area (Å²) in [6, 6.07) is 23.8. The second-order valence-corrected chi connectivity index (χ2v) is 12.3. The number of hydrogen-bond acceptors (Lipinski definition) is 0. The Morgan fingerprint density at radius 1 is 1.04 bits per heavy atom. The Kier molecular flexibility index (Phi) is 10.7. The summed E-state index contributed by atoms with van der Waals surface area (Å²) in [6.45, 7) is 2.36. The Morgan fingerprint density at radius 2 is 1.79 bits per heavy atom. The van der Waals surface area contributed by atoms with E-state index in [0.717, 1.165) is 12.0 Å². The van der Waals surface area contributed by atoms with Crippen LogP contribution in [0.2, 0.25) is 18.1 Å². The van der Waals surface area contributed by atoms with Gasteiger partial charge < -0.3 is 24.8 Å². The van der Waals surface area contributed by atoms with Crippen molar-refractivity contribution in [1.82, 2.24) is 0 Å². The fraction of sp³-hybridized carbons (Fsp3) is 0.333. The summed E-state index contributed by atoms with van der Waals surface area (Å²) in [5.41, 5.74) is 6.81. The smallest absolute Gasteiger partial charge is 1.00 e. The number of halogens is 2. The third-order valence-electron chi connectivity index (χ3n) is 6.03. The number of allylic oxidation sites excluding steroid dienone is 4. The average Bonchev–Trinajstić information content (AvgIpc) is 3.29. The zero-order chi connectivity index (χ0) is 17.1. The Morgan fingerprint density at radius 3 is 2.36 bits per heavy atom. The Balaban J connectivity index is 0.000000433. The van der Waals surface area contributed by atoms with Gasteiger partial charge in [-0.3, -0.25) is 6.08 Å². The van der Waals surface area contributed by atoms with Crippen molar-refractivity contribution in [2.24, 2.45) is 0 Å². The van der Waals surface area contributed by atoms with Crippen molar-refractivity contribution < 1.29 is 50.7 Å². The molecule has 0 radical (unpaired) electrons. The predicted octanol–water partition coefficient (Wildman–Crippen LogP) is 0.712. The monoisotopic (exact) mass is 592 g/mol. The average molecular weight is 592 g/mol. The molecule has 0 saturated carbocycles. The molecule has 1 atom stereocenters. The molecule has 2 aromatic carbocycles. The van der Waals surface area contributed by atoms with Gasteiger partial charge in [-0.15, -0.1) is 17.5 Å². The third kappa shape index (κ3) is 4.83. The Bertz CT molecular complexity index is 756. The third-order valence-corrected chi connectivity index (χ3v) is 12.1. The molecule has 144 valence electrons. The van der Waals surface area contributed by atoms with E-state index in [1.54, 1.807) is 5.56 Å². The van der Waals surface area contributed by atoms with E-state index >= 15 is 0 Å². The maximum absolute atomic E-state index is 3.61. The standard InChI is InChI=1S/C19H21Si.C5H5.2ClH.Hf/c1-2-12-20(13-7-14-20)19-17-10-5-3-8-15(17)16-9-4-6-11-18(16)19;1-2-4-5-3-1;;;/h3-6,8-10,19H,2,7,12-14H2,1H3;1-3H,4H2;2*1H;/q2*-1;;;+4/p-2. The molecular formula is C24H26Cl2HfSi. The molecule has 0 amide bonds. The van der Waals surface area contributed by atoms with Gasteiger partial charge in [-0.05, 0) is 11.1 Å². The van der Waals surface area contributed by atoms with E-state index in [2.05, 4.69) is 67.6 Å². The number of rotatable bonds is 3. The number of hydrogen-bond donors (Lipinski definition) is 0. The van der Waals surface area contributed by atoms with Crippen molar-refractivity contribution in [1.29, 1.82) is 0 Å². The van der Waals surface area contributed by atoms with Gasteiger partial charge in [0.1, 0.15) is 0 Å². The van der Waals surface area contributed by atoms with Gasteiger partial charge in [0, 0.05) is 0 Å². The SMILES string of the molecule is CCC[Si]1(C2c3[c-]cccc3-c3ccccc32)CCC1.[C-]1=CC=CC1.[Cl-].[Cl-].[Hf+4]. The largest absolute Gasteiger partial charge is 4.00 e. The van der Waals surface area contributed by atoms with E-state index in [4.69, 9.17) is 0 Å². The van der Waals surface area contributed by atoms with Gasteiger partial charge in [0.15, 0.2) is 0 Å². The molecule has 0 aromatic heterocycles. The predicted molar refractivity (Wildman–Crippen MR) is 109 cm³/mol. The van der Waals surface area contributed by atoms with Crippen LogP contribution in [0.5, 0.6) is 0 Å². The molecule has 5 rings (SSSR count). The van der Waals surface area contributed by atoms with Crippen LogP contribution in [0.3, 0.4) is 0 Å². The Labute approximate surface area is 202 Å². The van der Waals surface area contributed by atoms with Crippen LogP contribution in [0.1, 0.15) is 42.9 Å². The van der Waals surface area contributed by atoms with Crippen molar-refractivity contribution in [3.63, 3.8) is 0 Å². The zero-order valence-electron chi connectivity index (χ0n) is 16.3. The molecule has 1 aliphatic heterocycles. The minimum absolute atomic E-state index is 0. The first-order valence-corrected chi connectivity index (χ1v) is 12.4. The van der Waals surface area contributed by atoms with Crippen LogP contribution in [-0.2, 0) is 25.8 Å². The van der Waals surface area contributed by atoms with Crippen LogP contribution in [0.4, 0.5) is 0 Å². The van der Waals surface area contributed by atoms with Gasteiger partial charge in [0.25, 0.3) is 0 Å². The van der Waals surface area contributed by atoms with Gasteiger partial charge in [0.05, 0.1) is 8.07 Å². The summed E-state index contributed by atoms with van der Waals surface area (Å²) in [7, 11) is -1.14. The van der Waals surface area contributed by atoms with Gasteiger partial charge >= 0.3 is 25.8 Å². The van der Waals surface area contributed by atoms with E-state index in [1.807, 2.05) is 12.2 Å². The molecular weight excluding hydrogens is 566 g/mol. The summed E-state index contributed by atoms with van der Waals surface area (Å²) in [5.74, 6) is 0. The first-order chi connectivity index (χ1) is 12.4. The molecule has 2 aliphatic carbocycles. The van der Waals surface area contributed by atoms with Gasteiger partial charge in [-0.2, -0.15) is 30.3 Å². The number of fused-ring (bicyclic) bond motifs is 3. The van der Waals surface area contributed by atoms with Crippen LogP contribution in [0, 0.1) is 12.1 Å². The van der Waals surface area contributed by atoms with Crippen molar-refractivity contribution in [2.45, 2.75) is 49.9 Å². The quantitative estimate of drug-likeness (QED) is 0.365. The molecule has 0 N–H and O–H groups in total. The summed E-state index contributed by atoms with van der Waals surface area (Å²) < 4.78 is 0. The van der Waals surface area contributed by atoms with Crippen molar-refractivity contribution in [3.8, 4) is 11.1 Å². The Hall–Kier alpha value is -0.413. The molecule has 28 heavy (non-hydrogen) atoms. The van der Waals surface area contributed by atoms with Gasteiger partial charge in [0.2, 0.25) is 0 Å². The zero-order valence-corrected chi connectivity index (χ0v) is 22.5.